The largest absolute Gasteiger partial charge is 0.464 e. The molecule has 24 heavy (non-hydrogen) atoms. The molecule has 0 N–H and O–H groups in total. The number of cyclic esters (lactones) is 1. The normalized spacial score (nSPS) is 20.0. The van der Waals surface area contributed by atoms with Crippen molar-refractivity contribution in [2.45, 2.75) is 19.1 Å². The molecule has 1 aromatic rings. The van der Waals surface area contributed by atoms with Gasteiger partial charge in [-0.05, 0) is 12.1 Å². The quantitative estimate of drug-likeness (QED) is 0.351. The summed E-state index contributed by atoms with van der Waals surface area (Å²) in [6.45, 7) is 0. The standard InChI is InChI=1S/C16H13NO7/c1-22-16(21)11(8-23-13-7-6-12(18)24-13)17-14(19)9-4-2-3-5-10(9)15(17)20/h2-5,8,13H,6-7H2,1H3/b11-8-. The van der Waals surface area contributed by atoms with Gasteiger partial charge in [0.15, 0.2) is 5.70 Å². The van der Waals surface area contributed by atoms with Crippen LogP contribution in [0.2, 0.25) is 0 Å². The Morgan fingerprint density at radius 1 is 1.21 bits per heavy atom. The van der Waals surface area contributed by atoms with Gasteiger partial charge in [-0.3, -0.25) is 14.4 Å². The lowest BCUT2D eigenvalue weighted by Gasteiger charge is -2.17. The third kappa shape index (κ3) is 2.62. The molecule has 0 spiro atoms. The maximum atomic E-state index is 12.4. The maximum absolute atomic E-state index is 12.4. The minimum Gasteiger partial charge on any atom is -0.464 e. The smallest absolute Gasteiger partial charge is 0.358 e. The van der Waals surface area contributed by atoms with Crippen LogP contribution in [0.1, 0.15) is 33.6 Å². The molecular formula is C16H13NO7. The first-order chi connectivity index (χ1) is 11.5. The first-order valence-corrected chi connectivity index (χ1v) is 7.14. The van der Waals surface area contributed by atoms with E-state index >= 15 is 0 Å². The van der Waals surface area contributed by atoms with E-state index in [1.54, 1.807) is 12.1 Å². The van der Waals surface area contributed by atoms with E-state index in [1.165, 1.54) is 12.1 Å². The summed E-state index contributed by atoms with van der Waals surface area (Å²) in [5.41, 5.74) is -0.0131. The van der Waals surface area contributed by atoms with Gasteiger partial charge >= 0.3 is 11.9 Å². The van der Waals surface area contributed by atoms with Crippen LogP contribution in [0, 0.1) is 0 Å². The Kier molecular flexibility index (Phi) is 4.03. The Labute approximate surface area is 136 Å². The van der Waals surface area contributed by atoms with E-state index < -0.39 is 30.0 Å². The third-order valence-electron chi connectivity index (χ3n) is 3.61. The van der Waals surface area contributed by atoms with Crippen molar-refractivity contribution in [2.24, 2.45) is 0 Å². The van der Waals surface area contributed by atoms with E-state index in [9.17, 15) is 19.2 Å². The number of carbonyl (C=O) groups is 4. The van der Waals surface area contributed by atoms with Crippen molar-refractivity contribution in [3.05, 3.63) is 47.4 Å². The molecule has 1 aromatic carbocycles. The highest BCUT2D eigenvalue weighted by Gasteiger charge is 2.40. The van der Waals surface area contributed by atoms with Crippen LogP contribution in [-0.4, -0.2) is 42.1 Å². The maximum Gasteiger partial charge on any atom is 0.358 e. The molecule has 2 aliphatic heterocycles. The van der Waals surface area contributed by atoms with E-state index in [4.69, 9.17) is 9.47 Å². The summed E-state index contributed by atoms with van der Waals surface area (Å²) >= 11 is 0. The molecule has 1 atom stereocenters. The summed E-state index contributed by atoms with van der Waals surface area (Å²) in [5.74, 6) is -2.65. The lowest BCUT2D eigenvalue weighted by atomic mass is 10.1. The molecule has 0 aromatic heterocycles. The number of esters is 2. The highest BCUT2D eigenvalue weighted by atomic mass is 16.7. The van der Waals surface area contributed by atoms with E-state index in [2.05, 4.69) is 4.74 Å². The van der Waals surface area contributed by atoms with E-state index in [0.717, 1.165) is 13.4 Å². The number of carbonyl (C=O) groups excluding carboxylic acids is 4. The van der Waals surface area contributed by atoms with Crippen molar-refractivity contribution in [2.75, 3.05) is 7.11 Å². The second kappa shape index (κ2) is 6.15. The number of fused-ring (bicyclic) bond motifs is 1. The average Bonchev–Trinajstić information content (AvgIpc) is 3.11. The molecule has 2 amide bonds. The number of rotatable bonds is 4. The van der Waals surface area contributed by atoms with E-state index in [1.807, 2.05) is 0 Å². The second-order valence-electron chi connectivity index (χ2n) is 5.08. The van der Waals surface area contributed by atoms with Crippen LogP contribution in [0.3, 0.4) is 0 Å². The zero-order valence-corrected chi connectivity index (χ0v) is 12.7. The monoisotopic (exact) mass is 331 g/mol. The fraction of sp³-hybridized carbons (Fsp3) is 0.250. The first kappa shape index (κ1) is 15.7. The van der Waals surface area contributed by atoms with Gasteiger partial charge in [-0.15, -0.1) is 0 Å². The molecule has 1 saturated heterocycles. The highest BCUT2D eigenvalue weighted by molar-refractivity contribution is 6.24. The summed E-state index contributed by atoms with van der Waals surface area (Å²) in [6.07, 6.45) is 0.550. The Bertz CT molecular complexity index is 732. The molecule has 0 aliphatic carbocycles. The van der Waals surface area contributed by atoms with Crippen LogP contribution in [0.4, 0.5) is 0 Å². The Morgan fingerprint density at radius 3 is 2.33 bits per heavy atom. The van der Waals surface area contributed by atoms with Gasteiger partial charge in [-0.1, -0.05) is 12.1 Å². The lowest BCUT2D eigenvalue weighted by Crippen LogP contribution is -2.34. The molecular weight excluding hydrogens is 318 g/mol. The number of nitrogens with zero attached hydrogens (tertiary/aromatic N) is 1. The predicted molar refractivity (Wildman–Crippen MR) is 77.2 cm³/mol. The fourth-order valence-corrected chi connectivity index (χ4v) is 2.44. The van der Waals surface area contributed by atoms with Gasteiger partial charge in [0.2, 0.25) is 6.29 Å². The van der Waals surface area contributed by atoms with Gasteiger partial charge in [0, 0.05) is 6.42 Å². The summed E-state index contributed by atoms with van der Waals surface area (Å²) in [6, 6.07) is 6.21. The molecule has 8 heteroatoms. The number of methoxy groups -OCH3 is 1. The molecule has 8 nitrogen and oxygen atoms in total. The van der Waals surface area contributed by atoms with Crippen molar-refractivity contribution < 1.29 is 33.4 Å². The van der Waals surface area contributed by atoms with Crippen LogP contribution in [-0.2, 0) is 23.8 Å². The van der Waals surface area contributed by atoms with Crippen LogP contribution < -0.4 is 0 Å². The lowest BCUT2D eigenvalue weighted by molar-refractivity contribution is -0.154. The molecule has 1 unspecified atom stereocenters. The van der Waals surface area contributed by atoms with Gasteiger partial charge in [0.05, 0.1) is 24.7 Å². The Hall–Kier alpha value is -3.16. The van der Waals surface area contributed by atoms with Gasteiger partial charge in [0.1, 0.15) is 6.26 Å². The van der Waals surface area contributed by atoms with E-state index in [-0.39, 0.29) is 23.2 Å². The number of imide groups is 1. The minimum absolute atomic E-state index is 0.185. The average molecular weight is 331 g/mol. The predicted octanol–water partition coefficient (Wildman–Crippen LogP) is 0.977. The number of ether oxygens (including phenoxy) is 3. The number of hydrogen-bond acceptors (Lipinski definition) is 7. The highest BCUT2D eigenvalue weighted by Crippen LogP contribution is 2.27. The van der Waals surface area contributed by atoms with Crippen LogP contribution in [0.5, 0.6) is 0 Å². The van der Waals surface area contributed by atoms with Crippen molar-refractivity contribution in [3.63, 3.8) is 0 Å². The Morgan fingerprint density at radius 2 is 1.83 bits per heavy atom. The van der Waals surface area contributed by atoms with Crippen molar-refractivity contribution in [3.8, 4) is 0 Å². The van der Waals surface area contributed by atoms with Crippen molar-refractivity contribution in [1.29, 1.82) is 0 Å². The molecule has 0 saturated carbocycles. The van der Waals surface area contributed by atoms with Crippen LogP contribution >= 0.6 is 0 Å². The van der Waals surface area contributed by atoms with Gasteiger partial charge in [-0.25, -0.2) is 9.69 Å². The van der Waals surface area contributed by atoms with Crippen molar-refractivity contribution >= 4 is 23.8 Å². The number of hydrogen-bond donors (Lipinski definition) is 0. The molecule has 2 aliphatic rings. The minimum atomic E-state index is -0.922. The van der Waals surface area contributed by atoms with Crippen molar-refractivity contribution in [1.82, 2.24) is 4.90 Å². The molecule has 124 valence electrons. The number of benzene rings is 1. The van der Waals surface area contributed by atoms with Gasteiger partial charge in [0.25, 0.3) is 11.8 Å². The van der Waals surface area contributed by atoms with Crippen LogP contribution in [0.25, 0.3) is 0 Å². The summed E-state index contributed by atoms with van der Waals surface area (Å²) in [4.78, 5) is 48.6. The zero-order valence-electron chi connectivity index (χ0n) is 12.7. The molecule has 0 radical (unpaired) electrons. The topological polar surface area (TPSA) is 99.2 Å². The molecule has 0 bridgehead atoms. The summed E-state index contributed by atoms with van der Waals surface area (Å²) < 4.78 is 14.7. The Balaban J connectivity index is 1.90. The van der Waals surface area contributed by atoms with Gasteiger partial charge < -0.3 is 14.2 Å². The van der Waals surface area contributed by atoms with E-state index in [0.29, 0.717) is 11.3 Å². The zero-order chi connectivity index (χ0) is 17.3. The SMILES string of the molecule is COC(=O)/C(=C/OC1CCC(=O)O1)N1C(=O)c2ccccc2C1=O. The molecule has 3 rings (SSSR count). The number of amides is 2. The first-order valence-electron chi connectivity index (χ1n) is 7.14. The van der Waals surface area contributed by atoms with Gasteiger partial charge in [-0.2, -0.15) is 0 Å². The summed E-state index contributed by atoms with van der Waals surface area (Å²) in [7, 11) is 1.12. The molecule has 2 heterocycles. The third-order valence-corrected chi connectivity index (χ3v) is 3.61. The van der Waals surface area contributed by atoms with Crippen LogP contribution in [0.15, 0.2) is 36.2 Å². The summed E-state index contributed by atoms with van der Waals surface area (Å²) in [5, 5.41) is 0. The molecule has 1 fully saturated rings. The second-order valence-corrected chi connectivity index (χ2v) is 5.08. The fourth-order valence-electron chi connectivity index (χ4n) is 2.44.